The average molecular weight is 371 g/mol. The summed E-state index contributed by atoms with van der Waals surface area (Å²) in [4.78, 5) is 12.5. The Bertz CT molecular complexity index is 771. The summed E-state index contributed by atoms with van der Waals surface area (Å²) in [6.07, 6.45) is 0.930. The third-order valence-corrected chi connectivity index (χ3v) is 4.39. The number of ether oxygens (including phenoxy) is 3. The molecule has 5 heteroatoms. The van der Waals surface area contributed by atoms with E-state index in [1.165, 1.54) is 0 Å². The van der Waals surface area contributed by atoms with E-state index in [9.17, 15) is 4.79 Å². The van der Waals surface area contributed by atoms with E-state index in [4.69, 9.17) is 14.2 Å². The summed E-state index contributed by atoms with van der Waals surface area (Å²) in [5.74, 6) is 2.01. The summed E-state index contributed by atoms with van der Waals surface area (Å²) in [5, 5.41) is 2.97. The van der Waals surface area contributed by atoms with E-state index in [0.29, 0.717) is 35.8 Å². The summed E-state index contributed by atoms with van der Waals surface area (Å²) >= 11 is 0. The first-order valence-electron chi connectivity index (χ1n) is 8.97. The number of rotatable bonds is 7. The van der Waals surface area contributed by atoms with Crippen molar-refractivity contribution in [2.24, 2.45) is 0 Å². The van der Waals surface area contributed by atoms with Gasteiger partial charge in [0.15, 0.2) is 0 Å². The Kier molecular flexibility index (Phi) is 6.72. The van der Waals surface area contributed by atoms with Crippen molar-refractivity contribution in [3.63, 3.8) is 0 Å². The van der Waals surface area contributed by atoms with Gasteiger partial charge in [-0.05, 0) is 47.2 Å². The number of aryl methyl sites for hydroxylation is 1. The fraction of sp³-hybridized carbons (Fsp3) is 0.409. The highest BCUT2D eigenvalue weighted by Gasteiger charge is 2.17. The maximum atomic E-state index is 12.5. The fourth-order valence-corrected chi connectivity index (χ4v) is 2.75. The number of anilines is 1. The van der Waals surface area contributed by atoms with Crippen LogP contribution in [-0.4, -0.2) is 27.2 Å². The molecule has 0 aliphatic heterocycles. The van der Waals surface area contributed by atoms with Crippen molar-refractivity contribution < 1.29 is 19.0 Å². The van der Waals surface area contributed by atoms with E-state index < -0.39 is 0 Å². The van der Waals surface area contributed by atoms with Crippen molar-refractivity contribution in [3.8, 4) is 17.2 Å². The Labute approximate surface area is 161 Å². The van der Waals surface area contributed by atoms with Gasteiger partial charge in [0.2, 0.25) is 5.91 Å². The second-order valence-corrected chi connectivity index (χ2v) is 7.43. The van der Waals surface area contributed by atoms with Crippen molar-refractivity contribution in [2.45, 2.75) is 39.0 Å². The molecule has 0 spiro atoms. The van der Waals surface area contributed by atoms with Crippen LogP contribution in [0.5, 0.6) is 17.2 Å². The molecule has 0 saturated carbocycles. The summed E-state index contributed by atoms with van der Waals surface area (Å²) in [6.45, 7) is 6.41. The summed E-state index contributed by atoms with van der Waals surface area (Å²) in [6, 6.07) is 11.5. The van der Waals surface area contributed by atoms with Gasteiger partial charge in [-0.25, -0.2) is 0 Å². The molecule has 0 saturated heterocycles. The zero-order chi connectivity index (χ0) is 20.0. The van der Waals surface area contributed by atoms with Crippen LogP contribution in [0.3, 0.4) is 0 Å². The molecule has 0 heterocycles. The molecule has 146 valence electrons. The molecule has 1 N–H and O–H groups in total. The lowest BCUT2D eigenvalue weighted by Crippen LogP contribution is -2.16. The number of nitrogens with one attached hydrogen (secondary N) is 1. The van der Waals surface area contributed by atoms with Crippen molar-refractivity contribution in [3.05, 3.63) is 47.5 Å². The van der Waals surface area contributed by atoms with Crippen molar-refractivity contribution in [1.29, 1.82) is 0 Å². The maximum absolute atomic E-state index is 12.5. The van der Waals surface area contributed by atoms with Crippen LogP contribution < -0.4 is 19.5 Å². The van der Waals surface area contributed by atoms with Gasteiger partial charge in [0, 0.05) is 12.5 Å². The maximum Gasteiger partial charge on any atom is 0.224 e. The van der Waals surface area contributed by atoms with Gasteiger partial charge >= 0.3 is 0 Å². The largest absolute Gasteiger partial charge is 0.497 e. The minimum Gasteiger partial charge on any atom is -0.497 e. The van der Waals surface area contributed by atoms with Crippen molar-refractivity contribution in [2.75, 3.05) is 26.6 Å². The van der Waals surface area contributed by atoms with Gasteiger partial charge in [0.05, 0.1) is 27.0 Å². The number of methoxy groups -OCH3 is 3. The number of amides is 1. The van der Waals surface area contributed by atoms with Gasteiger partial charge in [-0.3, -0.25) is 4.79 Å². The third-order valence-electron chi connectivity index (χ3n) is 4.39. The van der Waals surface area contributed by atoms with E-state index >= 15 is 0 Å². The molecule has 0 unspecified atom stereocenters. The lowest BCUT2D eigenvalue weighted by atomic mass is 9.87. The van der Waals surface area contributed by atoms with Crippen LogP contribution in [0.4, 0.5) is 5.69 Å². The normalized spacial score (nSPS) is 11.0. The molecule has 0 aliphatic rings. The number of hydrogen-bond donors (Lipinski definition) is 1. The molecule has 1 amide bonds. The zero-order valence-electron chi connectivity index (χ0n) is 17.0. The predicted molar refractivity (Wildman–Crippen MR) is 108 cm³/mol. The van der Waals surface area contributed by atoms with Gasteiger partial charge in [0.25, 0.3) is 0 Å². The predicted octanol–water partition coefficient (Wildman–Crippen LogP) is 4.58. The van der Waals surface area contributed by atoms with Crippen LogP contribution in [0.1, 0.15) is 38.3 Å². The monoisotopic (exact) mass is 371 g/mol. The molecule has 0 fully saturated rings. The molecular weight excluding hydrogens is 342 g/mol. The van der Waals surface area contributed by atoms with E-state index in [-0.39, 0.29) is 11.3 Å². The Hall–Kier alpha value is -2.69. The minimum absolute atomic E-state index is 0.0110. The first kappa shape index (κ1) is 20.6. The van der Waals surface area contributed by atoms with Gasteiger partial charge in [0.1, 0.15) is 17.2 Å². The Balaban J connectivity index is 2.10. The van der Waals surface area contributed by atoms with E-state index in [0.717, 1.165) is 11.1 Å². The SMILES string of the molecule is COc1cc(CCC(=O)Nc2cc(C(C)(C)C)ccc2OC)cc(OC)c1. The van der Waals surface area contributed by atoms with Gasteiger partial charge in [-0.2, -0.15) is 0 Å². The number of benzene rings is 2. The highest BCUT2D eigenvalue weighted by Crippen LogP contribution is 2.31. The highest BCUT2D eigenvalue weighted by molar-refractivity contribution is 5.92. The molecule has 2 aromatic rings. The number of carbonyl (C=O) groups is 1. The topological polar surface area (TPSA) is 56.8 Å². The second-order valence-electron chi connectivity index (χ2n) is 7.43. The molecular formula is C22H29NO4. The van der Waals surface area contributed by atoms with Crippen LogP contribution in [0.25, 0.3) is 0 Å². The second kappa shape index (κ2) is 8.80. The summed E-state index contributed by atoms with van der Waals surface area (Å²) < 4.78 is 15.9. The standard InChI is InChI=1S/C22H29NO4/c1-22(2,3)16-8-9-20(27-6)19(13-16)23-21(24)10-7-15-11-17(25-4)14-18(12-15)26-5/h8-9,11-14H,7,10H2,1-6H3,(H,23,24). The van der Waals surface area contributed by atoms with Crippen molar-refractivity contribution >= 4 is 11.6 Å². The number of carbonyl (C=O) groups excluding carboxylic acids is 1. The van der Waals surface area contributed by atoms with Crippen LogP contribution >= 0.6 is 0 Å². The highest BCUT2D eigenvalue weighted by atomic mass is 16.5. The summed E-state index contributed by atoms with van der Waals surface area (Å²) in [7, 11) is 4.82. The molecule has 0 aromatic heterocycles. The lowest BCUT2D eigenvalue weighted by Gasteiger charge is -2.21. The van der Waals surface area contributed by atoms with Gasteiger partial charge in [-0.15, -0.1) is 0 Å². The third kappa shape index (κ3) is 5.64. The Morgan fingerprint density at radius 1 is 0.926 bits per heavy atom. The smallest absolute Gasteiger partial charge is 0.224 e. The lowest BCUT2D eigenvalue weighted by molar-refractivity contribution is -0.116. The molecule has 2 rings (SSSR count). The first-order chi connectivity index (χ1) is 12.8. The Morgan fingerprint density at radius 3 is 2.07 bits per heavy atom. The van der Waals surface area contributed by atoms with Gasteiger partial charge < -0.3 is 19.5 Å². The molecule has 0 radical (unpaired) electrons. The molecule has 2 aromatic carbocycles. The van der Waals surface area contributed by atoms with Crippen molar-refractivity contribution in [1.82, 2.24) is 0 Å². The van der Waals surface area contributed by atoms with Gasteiger partial charge in [-0.1, -0.05) is 26.8 Å². The quantitative estimate of drug-likeness (QED) is 0.774. The minimum atomic E-state index is -0.0684. The molecule has 0 bridgehead atoms. The van der Waals surface area contributed by atoms with Crippen LogP contribution in [0, 0.1) is 0 Å². The first-order valence-corrected chi connectivity index (χ1v) is 8.97. The fourth-order valence-electron chi connectivity index (χ4n) is 2.75. The molecule has 0 aliphatic carbocycles. The van der Waals surface area contributed by atoms with E-state index in [2.05, 4.69) is 26.1 Å². The Morgan fingerprint density at radius 2 is 1.56 bits per heavy atom. The zero-order valence-corrected chi connectivity index (χ0v) is 17.0. The van der Waals surface area contributed by atoms with Crippen LogP contribution in [0.2, 0.25) is 0 Å². The molecule has 27 heavy (non-hydrogen) atoms. The van der Waals surface area contributed by atoms with E-state index in [1.54, 1.807) is 21.3 Å². The molecule has 5 nitrogen and oxygen atoms in total. The summed E-state index contributed by atoms with van der Waals surface area (Å²) in [5.41, 5.74) is 2.80. The molecule has 0 atom stereocenters. The van der Waals surface area contributed by atoms with Crippen LogP contribution in [-0.2, 0) is 16.6 Å². The van der Waals surface area contributed by atoms with E-state index in [1.807, 2.05) is 36.4 Å². The number of hydrogen-bond acceptors (Lipinski definition) is 4. The average Bonchev–Trinajstić information content (AvgIpc) is 2.65. The van der Waals surface area contributed by atoms with Crippen LogP contribution in [0.15, 0.2) is 36.4 Å².